The lowest BCUT2D eigenvalue weighted by Gasteiger charge is -2.10. The highest BCUT2D eigenvalue weighted by Crippen LogP contribution is 2.49. The smallest absolute Gasteiger partial charge is 0.147 e. The van der Waals surface area contributed by atoms with Crippen molar-refractivity contribution in [3.63, 3.8) is 0 Å². The number of rotatable bonds is 3. The van der Waals surface area contributed by atoms with Gasteiger partial charge < -0.3 is 5.11 Å². The SMILES string of the molecule is CCC1CC1C(O)c1ccncc1F. The number of halogens is 1. The van der Waals surface area contributed by atoms with Crippen LogP contribution in [0.3, 0.4) is 0 Å². The molecule has 3 unspecified atom stereocenters. The molecule has 0 aromatic carbocycles. The van der Waals surface area contributed by atoms with Crippen molar-refractivity contribution in [1.82, 2.24) is 4.98 Å². The first-order valence-electron chi connectivity index (χ1n) is 5.01. The summed E-state index contributed by atoms with van der Waals surface area (Å²) in [6.45, 7) is 2.10. The number of aliphatic hydroxyl groups is 1. The summed E-state index contributed by atoms with van der Waals surface area (Å²) in [7, 11) is 0. The summed E-state index contributed by atoms with van der Waals surface area (Å²) in [6.07, 6.45) is 4.10. The van der Waals surface area contributed by atoms with Crippen molar-refractivity contribution in [2.24, 2.45) is 11.8 Å². The highest BCUT2D eigenvalue weighted by atomic mass is 19.1. The minimum Gasteiger partial charge on any atom is -0.388 e. The molecule has 76 valence electrons. The quantitative estimate of drug-likeness (QED) is 0.802. The first-order valence-corrected chi connectivity index (χ1v) is 5.01. The molecule has 2 rings (SSSR count). The van der Waals surface area contributed by atoms with Crippen molar-refractivity contribution < 1.29 is 9.50 Å². The maximum Gasteiger partial charge on any atom is 0.147 e. The van der Waals surface area contributed by atoms with Crippen LogP contribution in [0.4, 0.5) is 4.39 Å². The molecule has 1 aliphatic rings. The van der Waals surface area contributed by atoms with E-state index in [1.807, 2.05) is 0 Å². The Kier molecular flexibility index (Phi) is 2.50. The van der Waals surface area contributed by atoms with E-state index in [0.717, 1.165) is 19.0 Å². The van der Waals surface area contributed by atoms with Crippen molar-refractivity contribution in [1.29, 1.82) is 0 Å². The Morgan fingerprint density at radius 1 is 1.71 bits per heavy atom. The Morgan fingerprint density at radius 3 is 3.07 bits per heavy atom. The van der Waals surface area contributed by atoms with Gasteiger partial charge >= 0.3 is 0 Å². The van der Waals surface area contributed by atoms with Crippen molar-refractivity contribution in [3.8, 4) is 0 Å². The molecule has 0 radical (unpaired) electrons. The van der Waals surface area contributed by atoms with Crippen LogP contribution in [0.5, 0.6) is 0 Å². The van der Waals surface area contributed by atoms with Gasteiger partial charge in [0.05, 0.1) is 12.3 Å². The van der Waals surface area contributed by atoms with Gasteiger partial charge in [-0.1, -0.05) is 13.3 Å². The maximum atomic E-state index is 13.2. The van der Waals surface area contributed by atoms with Gasteiger partial charge in [-0.05, 0) is 24.3 Å². The number of hydrogen-bond acceptors (Lipinski definition) is 2. The molecule has 1 N–H and O–H groups in total. The van der Waals surface area contributed by atoms with E-state index in [0.29, 0.717) is 11.5 Å². The van der Waals surface area contributed by atoms with Crippen molar-refractivity contribution >= 4 is 0 Å². The first-order chi connectivity index (χ1) is 6.74. The van der Waals surface area contributed by atoms with Gasteiger partial charge in [0.1, 0.15) is 5.82 Å². The Bertz CT molecular complexity index is 329. The summed E-state index contributed by atoms with van der Waals surface area (Å²) in [5, 5.41) is 9.87. The van der Waals surface area contributed by atoms with E-state index in [1.54, 1.807) is 6.07 Å². The Labute approximate surface area is 82.8 Å². The zero-order valence-electron chi connectivity index (χ0n) is 8.15. The van der Waals surface area contributed by atoms with Crippen LogP contribution in [-0.2, 0) is 0 Å². The summed E-state index contributed by atoms with van der Waals surface area (Å²) in [4.78, 5) is 3.66. The van der Waals surface area contributed by atoms with Gasteiger partial charge in [-0.25, -0.2) is 4.39 Å². The third kappa shape index (κ3) is 1.64. The molecular formula is C11H14FNO. The molecule has 1 aromatic rings. The summed E-state index contributed by atoms with van der Waals surface area (Å²) in [5.74, 6) is 0.413. The standard InChI is InChI=1S/C11H14FNO/c1-2-7-5-9(7)11(14)8-3-4-13-6-10(8)12/h3-4,6-7,9,11,14H,2,5H2,1H3. The summed E-state index contributed by atoms with van der Waals surface area (Å²) in [6, 6.07) is 1.56. The second-order valence-electron chi connectivity index (χ2n) is 3.91. The van der Waals surface area contributed by atoms with Gasteiger partial charge in [0, 0.05) is 11.8 Å². The molecule has 1 fully saturated rings. The van der Waals surface area contributed by atoms with Crippen LogP contribution in [0.2, 0.25) is 0 Å². The van der Waals surface area contributed by atoms with E-state index < -0.39 is 11.9 Å². The highest BCUT2D eigenvalue weighted by molar-refractivity contribution is 5.18. The topological polar surface area (TPSA) is 33.1 Å². The minimum atomic E-state index is -0.650. The van der Waals surface area contributed by atoms with E-state index in [9.17, 15) is 9.50 Å². The molecule has 1 aliphatic carbocycles. The normalized spacial score (nSPS) is 27.4. The largest absolute Gasteiger partial charge is 0.388 e. The average molecular weight is 195 g/mol. The zero-order valence-corrected chi connectivity index (χ0v) is 8.15. The predicted molar refractivity (Wildman–Crippen MR) is 51.0 cm³/mol. The molecule has 0 saturated heterocycles. The lowest BCUT2D eigenvalue weighted by atomic mass is 10.0. The second-order valence-corrected chi connectivity index (χ2v) is 3.91. The molecule has 14 heavy (non-hydrogen) atoms. The van der Waals surface area contributed by atoms with E-state index in [1.165, 1.54) is 6.20 Å². The first kappa shape index (κ1) is 9.59. The highest BCUT2D eigenvalue weighted by Gasteiger charge is 2.42. The molecule has 1 saturated carbocycles. The van der Waals surface area contributed by atoms with Crippen molar-refractivity contribution in [3.05, 3.63) is 29.8 Å². The Morgan fingerprint density at radius 2 is 2.50 bits per heavy atom. The van der Waals surface area contributed by atoms with Crippen LogP contribution in [-0.4, -0.2) is 10.1 Å². The number of hydrogen-bond donors (Lipinski definition) is 1. The summed E-state index contributed by atoms with van der Waals surface area (Å²) in [5.41, 5.74) is 0.390. The monoisotopic (exact) mass is 195 g/mol. The van der Waals surface area contributed by atoms with Crippen molar-refractivity contribution in [2.45, 2.75) is 25.9 Å². The zero-order chi connectivity index (χ0) is 10.1. The van der Waals surface area contributed by atoms with Gasteiger partial charge in [0.15, 0.2) is 0 Å². The Hall–Kier alpha value is -0.960. The van der Waals surface area contributed by atoms with Crippen LogP contribution in [0, 0.1) is 17.7 Å². The number of nitrogens with zero attached hydrogens (tertiary/aromatic N) is 1. The van der Waals surface area contributed by atoms with Crippen molar-refractivity contribution in [2.75, 3.05) is 0 Å². The molecule has 3 heteroatoms. The summed E-state index contributed by atoms with van der Waals surface area (Å²) < 4.78 is 13.2. The van der Waals surface area contributed by atoms with Gasteiger partial charge in [-0.15, -0.1) is 0 Å². The maximum absolute atomic E-state index is 13.2. The van der Waals surface area contributed by atoms with E-state index in [2.05, 4.69) is 11.9 Å². The minimum absolute atomic E-state index is 0.247. The molecule has 3 atom stereocenters. The predicted octanol–water partition coefficient (Wildman–Crippen LogP) is 2.30. The molecule has 0 aliphatic heterocycles. The number of aliphatic hydroxyl groups excluding tert-OH is 1. The average Bonchev–Trinajstić information content (AvgIpc) is 2.96. The fourth-order valence-electron chi connectivity index (χ4n) is 1.98. The Balaban J connectivity index is 2.12. The molecular weight excluding hydrogens is 181 g/mol. The van der Waals surface area contributed by atoms with Crippen LogP contribution < -0.4 is 0 Å². The lowest BCUT2D eigenvalue weighted by molar-refractivity contribution is 0.142. The molecule has 0 spiro atoms. The van der Waals surface area contributed by atoms with E-state index in [4.69, 9.17) is 0 Å². The van der Waals surface area contributed by atoms with Crippen LogP contribution in [0.15, 0.2) is 18.5 Å². The third-order valence-corrected chi connectivity index (χ3v) is 3.03. The lowest BCUT2D eigenvalue weighted by Crippen LogP contribution is -2.04. The fraction of sp³-hybridized carbons (Fsp3) is 0.545. The third-order valence-electron chi connectivity index (χ3n) is 3.03. The second kappa shape index (κ2) is 3.65. The van der Waals surface area contributed by atoms with Gasteiger partial charge in [0.2, 0.25) is 0 Å². The summed E-state index contributed by atoms with van der Waals surface area (Å²) >= 11 is 0. The van der Waals surface area contributed by atoms with Crippen LogP contribution in [0.1, 0.15) is 31.4 Å². The van der Waals surface area contributed by atoms with Gasteiger partial charge in [0.25, 0.3) is 0 Å². The van der Waals surface area contributed by atoms with Gasteiger partial charge in [-0.2, -0.15) is 0 Å². The molecule has 2 nitrogen and oxygen atoms in total. The van der Waals surface area contributed by atoms with Crippen LogP contribution in [0.25, 0.3) is 0 Å². The molecule has 0 amide bonds. The number of aromatic nitrogens is 1. The van der Waals surface area contributed by atoms with Gasteiger partial charge in [-0.3, -0.25) is 4.98 Å². The van der Waals surface area contributed by atoms with E-state index >= 15 is 0 Å². The molecule has 1 heterocycles. The molecule has 0 bridgehead atoms. The fourth-order valence-corrected chi connectivity index (χ4v) is 1.98. The number of pyridine rings is 1. The van der Waals surface area contributed by atoms with Crippen LogP contribution >= 0.6 is 0 Å². The molecule has 1 aromatic heterocycles. The van der Waals surface area contributed by atoms with E-state index in [-0.39, 0.29) is 5.92 Å².